The quantitative estimate of drug-likeness (QED) is 0.796. The third kappa shape index (κ3) is 2.90. The molecule has 13 heavy (non-hydrogen) atoms. The number of Topliss-reactive ketones (excluding diaryl/α,β-unsaturated/α-hetero) is 1. The zero-order chi connectivity index (χ0) is 9.84. The number of rotatable bonds is 4. The highest BCUT2D eigenvalue weighted by Gasteiger charge is 2.14. The van der Waals surface area contributed by atoms with Gasteiger partial charge in [0.05, 0.1) is 6.42 Å². The number of hydrogen-bond acceptors (Lipinski definition) is 4. The van der Waals surface area contributed by atoms with Gasteiger partial charge in [0.2, 0.25) is 0 Å². The number of carbonyl (C=O) groups excluding carboxylic acids is 1. The van der Waals surface area contributed by atoms with Crippen molar-refractivity contribution in [2.24, 2.45) is 0 Å². The first-order valence-electron chi connectivity index (χ1n) is 4.25. The van der Waals surface area contributed by atoms with E-state index in [1.807, 2.05) is 12.3 Å². The van der Waals surface area contributed by atoms with Gasteiger partial charge < -0.3 is 5.11 Å². The van der Waals surface area contributed by atoms with Gasteiger partial charge in [0.1, 0.15) is 11.1 Å². The number of nitrogens with zero attached hydrogens (tertiary/aromatic N) is 1. The lowest BCUT2D eigenvalue weighted by Gasteiger charge is -2.03. The average molecular weight is 199 g/mol. The molecule has 72 valence electrons. The Hall–Kier alpha value is -0.740. The average Bonchev–Trinajstić information content (AvgIpc) is 2.49. The van der Waals surface area contributed by atoms with Crippen molar-refractivity contribution in [3.05, 3.63) is 16.1 Å². The Kier molecular flexibility index (Phi) is 3.57. The van der Waals surface area contributed by atoms with Crippen molar-refractivity contribution >= 4 is 17.1 Å². The normalized spacial score (nSPS) is 12.8. The fourth-order valence-electron chi connectivity index (χ4n) is 0.978. The molecule has 0 aliphatic rings. The van der Waals surface area contributed by atoms with Gasteiger partial charge in [-0.3, -0.25) is 4.79 Å². The first kappa shape index (κ1) is 10.3. The Morgan fingerprint density at radius 1 is 1.77 bits per heavy atom. The lowest BCUT2D eigenvalue weighted by atomic mass is 10.1. The van der Waals surface area contributed by atoms with Crippen LogP contribution >= 0.6 is 11.3 Å². The molecule has 0 fully saturated rings. The first-order chi connectivity index (χ1) is 6.13. The maximum atomic E-state index is 11.3. The van der Waals surface area contributed by atoms with Crippen LogP contribution in [0.5, 0.6) is 0 Å². The van der Waals surface area contributed by atoms with E-state index in [0.29, 0.717) is 6.42 Å². The van der Waals surface area contributed by atoms with Crippen molar-refractivity contribution in [1.82, 2.24) is 4.98 Å². The third-order valence-corrected chi connectivity index (χ3v) is 2.72. The number of aliphatic hydroxyl groups excluding tert-OH is 1. The second kappa shape index (κ2) is 4.48. The Morgan fingerprint density at radius 2 is 2.46 bits per heavy atom. The topological polar surface area (TPSA) is 50.2 Å². The summed E-state index contributed by atoms with van der Waals surface area (Å²) < 4.78 is 0. The van der Waals surface area contributed by atoms with Crippen LogP contribution < -0.4 is 0 Å². The molecule has 1 unspecified atom stereocenters. The summed E-state index contributed by atoms with van der Waals surface area (Å²) in [6.07, 6.45) is -0.0966. The van der Waals surface area contributed by atoms with E-state index in [1.165, 1.54) is 11.3 Å². The van der Waals surface area contributed by atoms with Gasteiger partial charge in [-0.05, 0) is 13.3 Å². The molecule has 1 aromatic rings. The fourth-order valence-corrected chi connectivity index (χ4v) is 1.76. The molecule has 4 heteroatoms. The molecule has 0 amide bonds. The molecule has 1 atom stereocenters. The van der Waals surface area contributed by atoms with Crippen molar-refractivity contribution in [2.45, 2.75) is 32.8 Å². The molecule has 0 spiro atoms. The Balaban J connectivity index is 2.54. The summed E-state index contributed by atoms with van der Waals surface area (Å²) in [5.74, 6) is -0.142. The Morgan fingerprint density at radius 3 is 2.92 bits per heavy atom. The summed E-state index contributed by atoms with van der Waals surface area (Å²) in [4.78, 5) is 15.4. The van der Waals surface area contributed by atoms with Gasteiger partial charge >= 0.3 is 0 Å². The second-order valence-corrected chi connectivity index (χ2v) is 3.89. The van der Waals surface area contributed by atoms with Gasteiger partial charge in [-0.15, -0.1) is 11.3 Å². The first-order valence-corrected chi connectivity index (χ1v) is 5.13. The maximum absolute atomic E-state index is 11.3. The molecular formula is C9H13NO2S. The number of thiazole rings is 1. The van der Waals surface area contributed by atoms with Crippen LogP contribution in [-0.4, -0.2) is 22.0 Å². The molecular weight excluding hydrogens is 186 g/mol. The molecule has 0 aliphatic carbocycles. The molecule has 0 bridgehead atoms. The molecule has 0 aromatic carbocycles. The number of aliphatic hydroxyl groups is 1. The summed E-state index contributed by atoms with van der Waals surface area (Å²) in [6.45, 7) is 3.68. The van der Waals surface area contributed by atoms with E-state index in [4.69, 9.17) is 0 Å². The van der Waals surface area contributed by atoms with E-state index < -0.39 is 6.10 Å². The number of aryl methyl sites for hydroxylation is 1. The number of carbonyl (C=O) groups is 1. The molecule has 0 aliphatic heterocycles. The van der Waals surface area contributed by atoms with Gasteiger partial charge in [0, 0.05) is 11.1 Å². The van der Waals surface area contributed by atoms with Crippen LogP contribution in [0.15, 0.2) is 5.38 Å². The van der Waals surface area contributed by atoms with Gasteiger partial charge in [0.25, 0.3) is 0 Å². The van der Waals surface area contributed by atoms with E-state index >= 15 is 0 Å². The van der Waals surface area contributed by atoms with Crippen molar-refractivity contribution < 1.29 is 9.90 Å². The Labute approximate surface area is 81.4 Å². The minimum Gasteiger partial charge on any atom is -0.385 e. The molecule has 1 N–H and O–H groups in total. The molecule has 1 rings (SSSR count). The largest absolute Gasteiger partial charge is 0.385 e. The van der Waals surface area contributed by atoms with Gasteiger partial charge in [-0.2, -0.15) is 0 Å². The van der Waals surface area contributed by atoms with Crippen LogP contribution in [0.1, 0.15) is 24.0 Å². The fraction of sp³-hybridized carbons (Fsp3) is 0.556. The zero-order valence-electron chi connectivity index (χ0n) is 7.78. The van der Waals surface area contributed by atoms with Crippen molar-refractivity contribution in [2.75, 3.05) is 0 Å². The van der Waals surface area contributed by atoms with Crippen molar-refractivity contribution in [3.8, 4) is 0 Å². The van der Waals surface area contributed by atoms with E-state index in [0.717, 1.165) is 10.7 Å². The SMILES string of the molecule is CCC(O)C(=O)Cc1nc(C)cs1. The van der Waals surface area contributed by atoms with Crippen LogP contribution in [-0.2, 0) is 11.2 Å². The highest BCUT2D eigenvalue weighted by Crippen LogP contribution is 2.10. The lowest BCUT2D eigenvalue weighted by Crippen LogP contribution is -2.21. The highest BCUT2D eigenvalue weighted by molar-refractivity contribution is 7.09. The van der Waals surface area contributed by atoms with Gasteiger partial charge in [-0.25, -0.2) is 4.98 Å². The van der Waals surface area contributed by atoms with E-state index in [-0.39, 0.29) is 12.2 Å². The predicted octanol–water partition coefficient (Wildman–Crippen LogP) is 1.33. The van der Waals surface area contributed by atoms with Crippen LogP contribution in [0.25, 0.3) is 0 Å². The molecule has 3 nitrogen and oxygen atoms in total. The summed E-state index contributed by atoms with van der Waals surface area (Å²) in [6, 6.07) is 0. The van der Waals surface area contributed by atoms with Crippen LogP contribution in [0, 0.1) is 6.92 Å². The number of ketones is 1. The summed E-state index contributed by atoms with van der Waals surface area (Å²) in [5.41, 5.74) is 0.929. The maximum Gasteiger partial charge on any atom is 0.168 e. The van der Waals surface area contributed by atoms with E-state index in [2.05, 4.69) is 4.98 Å². The minimum absolute atomic E-state index is 0.142. The minimum atomic E-state index is -0.829. The number of aromatic nitrogens is 1. The Bertz CT molecular complexity index is 296. The molecule has 0 radical (unpaired) electrons. The number of hydrogen-bond donors (Lipinski definition) is 1. The third-order valence-electron chi connectivity index (χ3n) is 1.75. The van der Waals surface area contributed by atoms with Crippen LogP contribution in [0.2, 0.25) is 0 Å². The monoisotopic (exact) mass is 199 g/mol. The van der Waals surface area contributed by atoms with E-state index in [1.54, 1.807) is 6.92 Å². The molecule has 1 aromatic heterocycles. The van der Waals surface area contributed by atoms with Crippen molar-refractivity contribution in [1.29, 1.82) is 0 Å². The van der Waals surface area contributed by atoms with Crippen LogP contribution in [0.3, 0.4) is 0 Å². The predicted molar refractivity (Wildman–Crippen MR) is 51.9 cm³/mol. The van der Waals surface area contributed by atoms with Crippen LogP contribution in [0.4, 0.5) is 0 Å². The second-order valence-electron chi connectivity index (χ2n) is 2.95. The molecule has 0 saturated heterocycles. The highest BCUT2D eigenvalue weighted by atomic mass is 32.1. The standard InChI is InChI=1S/C9H13NO2S/c1-3-7(11)8(12)4-9-10-6(2)5-13-9/h5,7,11H,3-4H2,1-2H3. The lowest BCUT2D eigenvalue weighted by molar-refractivity contribution is -0.126. The smallest absolute Gasteiger partial charge is 0.168 e. The van der Waals surface area contributed by atoms with Crippen molar-refractivity contribution in [3.63, 3.8) is 0 Å². The summed E-state index contributed by atoms with van der Waals surface area (Å²) in [5, 5.41) is 11.9. The molecule has 1 heterocycles. The summed E-state index contributed by atoms with van der Waals surface area (Å²) >= 11 is 1.46. The summed E-state index contributed by atoms with van der Waals surface area (Å²) in [7, 11) is 0. The molecule has 0 saturated carbocycles. The van der Waals surface area contributed by atoms with Gasteiger partial charge in [-0.1, -0.05) is 6.92 Å². The van der Waals surface area contributed by atoms with Gasteiger partial charge in [0.15, 0.2) is 5.78 Å². The van der Waals surface area contributed by atoms with E-state index in [9.17, 15) is 9.90 Å². The zero-order valence-corrected chi connectivity index (χ0v) is 8.60.